The molecule has 0 saturated carbocycles. The van der Waals surface area contributed by atoms with Crippen LogP contribution < -0.4 is 9.47 Å². The average molecular weight is 603 g/mol. The van der Waals surface area contributed by atoms with Gasteiger partial charge in [0.2, 0.25) is 0 Å². The molecular weight excluding hydrogens is 568 g/mol. The first-order valence-corrected chi connectivity index (χ1v) is 14.2. The van der Waals surface area contributed by atoms with E-state index < -0.39 is 34.3 Å². The molecule has 226 valence electrons. The topological polar surface area (TPSA) is 144 Å². The zero-order valence-electron chi connectivity index (χ0n) is 23.9. The second kappa shape index (κ2) is 14.3. The van der Waals surface area contributed by atoms with Gasteiger partial charge in [0.25, 0.3) is 10.1 Å². The molecule has 0 spiro atoms. The van der Waals surface area contributed by atoms with Crippen LogP contribution in [-0.2, 0) is 38.7 Å². The van der Waals surface area contributed by atoms with Gasteiger partial charge in [-0.15, -0.1) is 0 Å². The van der Waals surface area contributed by atoms with E-state index in [1.54, 1.807) is 24.3 Å². The van der Waals surface area contributed by atoms with Crippen molar-refractivity contribution in [2.75, 3.05) is 40.6 Å². The van der Waals surface area contributed by atoms with Crippen LogP contribution in [0.4, 0.5) is 0 Å². The lowest BCUT2D eigenvalue weighted by molar-refractivity contribution is -0.149. The molecule has 0 fully saturated rings. The molecule has 1 N–H and O–H groups in total. The van der Waals surface area contributed by atoms with E-state index in [0.717, 1.165) is 0 Å². The minimum absolute atomic E-state index is 0.0239. The monoisotopic (exact) mass is 602 g/mol. The predicted octanol–water partition coefficient (Wildman–Crippen LogP) is 4.27. The number of methoxy groups -OCH3 is 2. The van der Waals surface area contributed by atoms with Crippen molar-refractivity contribution in [1.29, 1.82) is 0 Å². The number of hydrogen-bond acceptors (Lipinski definition) is 10. The van der Waals surface area contributed by atoms with Crippen molar-refractivity contribution in [1.82, 2.24) is 0 Å². The van der Waals surface area contributed by atoms with Gasteiger partial charge in [0.1, 0.15) is 24.7 Å². The van der Waals surface area contributed by atoms with Crippen LogP contribution in [0.5, 0.6) is 11.5 Å². The summed E-state index contributed by atoms with van der Waals surface area (Å²) in [6, 6.07) is 11.0. The first-order chi connectivity index (χ1) is 19.9. The predicted molar refractivity (Wildman–Crippen MR) is 155 cm³/mol. The summed E-state index contributed by atoms with van der Waals surface area (Å²) in [5.41, 5.74) is 0.416. The van der Waals surface area contributed by atoms with Crippen LogP contribution in [0, 0.1) is 0 Å². The van der Waals surface area contributed by atoms with Crippen molar-refractivity contribution in [3.63, 3.8) is 0 Å². The third kappa shape index (κ3) is 8.07. The molecule has 3 rings (SSSR count). The smallest absolute Gasteiger partial charge is 0.333 e. The lowest BCUT2D eigenvalue weighted by Crippen LogP contribution is -2.30. The van der Waals surface area contributed by atoms with Crippen molar-refractivity contribution in [3.05, 3.63) is 66.8 Å². The Balaban J connectivity index is 2.13. The molecule has 0 aromatic heterocycles. The van der Waals surface area contributed by atoms with E-state index >= 15 is 0 Å². The lowest BCUT2D eigenvalue weighted by Gasteiger charge is -2.22. The molecule has 0 radical (unpaired) electrons. The van der Waals surface area contributed by atoms with Crippen molar-refractivity contribution >= 4 is 43.6 Å². The fourth-order valence-electron chi connectivity index (χ4n) is 4.01. The molecule has 0 amide bonds. The molecule has 0 aliphatic heterocycles. The van der Waals surface area contributed by atoms with Gasteiger partial charge in [-0.2, -0.15) is 8.42 Å². The Morgan fingerprint density at radius 1 is 0.738 bits per heavy atom. The molecule has 0 aliphatic carbocycles. The van der Waals surface area contributed by atoms with Crippen LogP contribution >= 0.6 is 0 Å². The fraction of sp³-hybridized carbons (Fsp3) is 0.333. The second-order valence-electron chi connectivity index (χ2n) is 9.53. The van der Waals surface area contributed by atoms with Gasteiger partial charge in [-0.05, 0) is 32.0 Å². The van der Waals surface area contributed by atoms with Crippen molar-refractivity contribution in [2.24, 2.45) is 0 Å². The van der Waals surface area contributed by atoms with E-state index in [4.69, 9.17) is 28.4 Å². The van der Waals surface area contributed by atoms with E-state index in [-0.39, 0.29) is 48.2 Å². The molecule has 0 bridgehead atoms. The largest absolute Gasteiger partial charge is 0.488 e. The third-order valence-electron chi connectivity index (χ3n) is 5.97. The van der Waals surface area contributed by atoms with Crippen molar-refractivity contribution in [2.45, 2.75) is 31.0 Å². The Hall–Kier alpha value is -3.97. The average Bonchev–Trinajstić information content (AvgIpc) is 2.93. The van der Waals surface area contributed by atoms with Crippen molar-refractivity contribution in [3.8, 4) is 11.5 Å². The van der Waals surface area contributed by atoms with E-state index in [0.29, 0.717) is 27.3 Å². The maximum atomic E-state index is 12.2. The number of benzene rings is 3. The summed E-state index contributed by atoms with van der Waals surface area (Å²) >= 11 is 0. The zero-order chi connectivity index (χ0) is 31.0. The summed E-state index contributed by atoms with van der Waals surface area (Å²) in [6.45, 7) is 10.0. The molecule has 0 saturated heterocycles. The SMILES string of the molecule is C=C(C)C(=O)OC(COC)COc1c2ccccc2c(OCC(COC)OC(=O)C(=C)C)c2cc(S(=O)(=O)O)ccc12. The Morgan fingerprint density at radius 3 is 1.57 bits per heavy atom. The van der Waals surface area contributed by atoms with Gasteiger partial charge in [0.15, 0.2) is 12.2 Å². The summed E-state index contributed by atoms with van der Waals surface area (Å²) in [5, 5.41) is 1.88. The summed E-state index contributed by atoms with van der Waals surface area (Å²) in [4.78, 5) is 23.9. The number of esters is 2. The standard InChI is InChI=1S/C30H34O11S/c1-18(2)29(31)40-20(14-36-5)16-38-27-23-9-7-8-10-24(23)28(26-13-22(42(33,34)35)11-12-25(26)27)39-17-21(15-37-6)41-30(32)19(3)4/h7-13,20-21H,1,3,14-17H2,2,4-6H3,(H,33,34,35). The number of ether oxygens (including phenoxy) is 6. The maximum Gasteiger partial charge on any atom is 0.333 e. The minimum atomic E-state index is -4.57. The van der Waals surface area contributed by atoms with Gasteiger partial charge < -0.3 is 28.4 Å². The Morgan fingerprint density at radius 2 is 1.17 bits per heavy atom. The maximum absolute atomic E-state index is 12.2. The van der Waals surface area contributed by atoms with Gasteiger partial charge in [-0.1, -0.05) is 37.4 Å². The molecule has 12 heteroatoms. The molecule has 2 unspecified atom stereocenters. The van der Waals surface area contributed by atoms with Crippen molar-refractivity contribution < 1.29 is 51.0 Å². The highest BCUT2D eigenvalue weighted by atomic mass is 32.2. The number of carbonyl (C=O) groups is 2. The van der Waals surface area contributed by atoms with Gasteiger partial charge in [0, 0.05) is 46.9 Å². The third-order valence-corrected chi connectivity index (χ3v) is 6.82. The van der Waals surface area contributed by atoms with E-state index in [2.05, 4.69) is 13.2 Å². The molecule has 0 aliphatic rings. The van der Waals surface area contributed by atoms with Crippen LogP contribution in [0.3, 0.4) is 0 Å². The van der Waals surface area contributed by atoms with Gasteiger partial charge >= 0.3 is 11.9 Å². The summed E-state index contributed by atoms with van der Waals surface area (Å²) in [7, 11) is -1.67. The zero-order valence-corrected chi connectivity index (χ0v) is 24.7. The molecule has 2 atom stereocenters. The van der Waals surface area contributed by atoms with Gasteiger partial charge in [-0.3, -0.25) is 4.55 Å². The van der Waals surface area contributed by atoms with Gasteiger partial charge in [-0.25, -0.2) is 9.59 Å². The quantitative estimate of drug-likeness (QED) is 0.115. The number of carbonyl (C=O) groups excluding carboxylic acids is 2. The lowest BCUT2D eigenvalue weighted by atomic mass is 10.0. The minimum Gasteiger partial charge on any atom is -0.488 e. The number of hydrogen-bond donors (Lipinski definition) is 1. The molecule has 3 aromatic carbocycles. The highest BCUT2D eigenvalue weighted by molar-refractivity contribution is 7.85. The number of fused-ring (bicyclic) bond motifs is 2. The molecule has 11 nitrogen and oxygen atoms in total. The van der Waals surface area contributed by atoms with Crippen LogP contribution in [0.15, 0.2) is 71.7 Å². The number of rotatable bonds is 15. The Kier molecular flexibility index (Phi) is 11.1. The summed E-state index contributed by atoms with van der Waals surface area (Å²) in [5.74, 6) is -0.613. The summed E-state index contributed by atoms with van der Waals surface area (Å²) < 4.78 is 67.5. The molecule has 3 aromatic rings. The van der Waals surface area contributed by atoms with Crippen LogP contribution in [0.2, 0.25) is 0 Å². The fourth-order valence-corrected chi connectivity index (χ4v) is 4.52. The molecule has 0 heterocycles. The summed E-state index contributed by atoms with van der Waals surface area (Å²) in [6.07, 6.45) is -1.59. The van der Waals surface area contributed by atoms with E-state index in [1.165, 1.54) is 46.3 Å². The molecular formula is C30H34O11S. The van der Waals surface area contributed by atoms with Crippen LogP contribution in [0.1, 0.15) is 13.8 Å². The normalized spacial score (nSPS) is 12.9. The highest BCUT2D eigenvalue weighted by Gasteiger charge is 2.23. The first kappa shape index (κ1) is 32.5. The Labute approximate surface area is 244 Å². The highest BCUT2D eigenvalue weighted by Crippen LogP contribution is 2.43. The van der Waals surface area contributed by atoms with Gasteiger partial charge in [0.05, 0.1) is 18.1 Å². The first-order valence-electron chi connectivity index (χ1n) is 12.8. The van der Waals surface area contributed by atoms with Crippen LogP contribution in [0.25, 0.3) is 21.5 Å². The van der Waals surface area contributed by atoms with E-state index in [9.17, 15) is 22.6 Å². The second-order valence-corrected chi connectivity index (χ2v) is 11.0. The Bertz CT molecular complexity index is 1590. The molecule has 42 heavy (non-hydrogen) atoms. The van der Waals surface area contributed by atoms with Crippen LogP contribution in [-0.4, -0.2) is 77.8 Å². The van der Waals surface area contributed by atoms with E-state index in [1.807, 2.05) is 0 Å².